The van der Waals surface area contributed by atoms with Crippen LogP contribution in [0.15, 0.2) is 24.3 Å². The third-order valence-corrected chi connectivity index (χ3v) is 3.11. The smallest absolute Gasteiger partial charge is 0.123 e. The molecule has 1 fully saturated rings. The highest BCUT2D eigenvalue weighted by Crippen LogP contribution is 2.33. The van der Waals surface area contributed by atoms with Crippen LogP contribution in [0.2, 0.25) is 0 Å². The summed E-state index contributed by atoms with van der Waals surface area (Å²) in [5.41, 5.74) is 7.09. The molecule has 1 atom stereocenters. The molecule has 0 aliphatic heterocycles. The molecule has 0 heterocycles. The van der Waals surface area contributed by atoms with Crippen LogP contribution >= 0.6 is 0 Å². The second kappa shape index (κ2) is 4.09. The molecule has 1 nitrogen and oxygen atoms in total. The molecule has 2 rings (SSSR count). The molecule has 0 spiro atoms. The molecule has 0 radical (unpaired) electrons. The lowest BCUT2D eigenvalue weighted by Gasteiger charge is -2.28. The largest absolute Gasteiger partial charge is 0.324 e. The van der Waals surface area contributed by atoms with E-state index in [2.05, 4.69) is 0 Å². The van der Waals surface area contributed by atoms with E-state index in [-0.39, 0.29) is 11.9 Å². The van der Waals surface area contributed by atoms with E-state index < -0.39 is 0 Å². The predicted molar refractivity (Wildman–Crippen MR) is 55.3 cm³/mol. The second-order valence-corrected chi connectivity index (χ2v) is 4.19. The zero-order valence-corrected chi connectivity index (χ0v) is 8.25. The van der Waals surface area contributed by atoms with Gasteiger partial charge in [-0.05, 0) is 30.0 Å². The van der Waals surface area contributed by atoms with Crippen molar-refractivity contribution in [1.82, 2.24) is 0 Å². The Balaban J connectivity index is 1.95. The third-order valence-electron chi connectivity index (χ3n) is 3.11. The molecule has 0 bridgehead atoms. The molecule has 0 saturated heterocycles. The van der Waals surface area contributed by atoms with Crippen LogP contribution in [0.5, 0.6) is 0 Å². The first-order valence-corrected chi connectivity index (χ1v) is 5.27. The summed E-state index contributed by atoms with van der Waals surface area (Å²) in [6, 6.07) is 6.63. The first kappa shape index (κ1) is 9.66. The molecule has 0 aromatic heterocycles. The Hall–Kier alpha value is -0.890. The van der Waals surface area contributed by atoms with Gasteiger partial charge in [0.2, 0.25) is 0 Å². The van der Waals surface area contributed by atoms with Gasteiger partial charge in [0.25, 0.3) is 0 Å². The monoisotopic (exact) mass is 193 g/mol. The van der Waals surface area contributed by atoms with Gasteiger partial charge in [-0.15, -0.1) is 0 Å². The van der Waals surface area contributed by atoms with Crippen molar-refractivity contribution in [1.29, 1.82) is 0 Å². The third kappa shape index (κ3) is 2.13. The zero-order chi connectivity index (χ0) is 9.97. The van der Waals surface area contributed by atoms with Gasteiger partial charge in [-0.1, -0.05) is 31.4 Å². The highest BCUT2D eigenvalue weighted by molar-refractivity contribution is 5.19. The second-order valence-electron chi connectivity index (χ2n) is 4.19. The number of benzene rings is 1. The molecular formula is C12H16FN. The van der Waals surface area contributed by atoms with Crippen LogP contribution in [-0.4, -0.2) is 0 Å². The van der Waals surface area contributed by atoms with Gasteiger partial charge in [-0.25, -0.2) is 4.39 Å². The van der Waals surface area contributed by atoms with Crippen LogP contribution in [0.1, 0.15) is 37.3 Å². The molecule has 1 saturated carbocycles. The number of nitrogens with two attached hydrogens (primary N) is 1. The average molecular weight is 193 g/mol. The van der Waals surface area contributed by atoms with Crippen LogP contribution in [0.4, 0.5) is 4.39 Å². The molecule has 1 aliphatic rings. The molecule has 76 valence electrons. The van der Waals surface area contributed by atoms with Crippen molar-refractivity contribution < 1.29 is 4.39 Å². The summed E-state index contributed by atoms with van der Waals surface area (Å²) < 4.78 is 12.6. The Morgan fingerprint density at radius 2 is 1.93 bits per heavy atom. The first-order chi connectivity index (χ1) is 6.75. The lowest BCUT2D eigenvalue weighted by atomic mass is 9.80. The highest BCUT2D eigenvalue weighted by atomic mass is 19.1. The molecule has 0 unspecified atom stereocenters. The fourth-order valence-electron chi connectivity index (χ4n) is 1.93. The van der Waals surface area contributed by atoms with Crippen LogP contribution in [0, 0.1) is 11.7 Å². The molecule has 14 heavy (non-hydrogen) atoms. The lowest BCUT2D eigenvalue weighted by molar-refractivity contribution is 0.277. The van der Waals surface area contributed by atoms with Crippen molar-refractivity contribution in [3.63, 3.8) is 0 Å². The lowest BCUT2D eigenvalue weighted by Crippen LogP contribution is -2.20. The van der Waals surface area contributed by atoms with Crippen molar-refractivity contribution >= 4 is 0 Å². The van der Waals surface area contributed by atoms with Crippen LogP contribution in [-0.2, 0) is 0 Å². The molecule has 0 amide bonds. The highest BCUT2D eigenvalue weighted by Gasteiger charge is 2.20. The van der Waals surface area contributed by atoms with Crippen molar-refractivity contribution in [3.05, 3.63) is 35.6 Å². The quantitative estimate of drug-likeness (QED) is 0.784. The van der Waals surface area contributed by atoms with Gasteiger partial charge in [0.05, 0.1) is 0 Å². The van der Waals surface area contributed by atoms with Crippen molar-refractivity contribution in [2.24, 2.45) is 11.7 Å². The van der Waals surface area contributed by atoms with E-state index in [1.165, 1.54) is 31.4 Å². The minimum Gasteiger partial charge on any atom is -0.324 e. The van der Waals surface area contributed by atoms with Gasteiger partial charge in [0.1, 0.15) is 5.82 Å². The number of rotatable bonds is 3. The maximum Gasteiger partial charge on any atom is 0.123 e. The van der Waals surface area contributed by atoms with E-state index in [0.717, 1.165) is 17.9 Å². The van der Waals surface area contributed by atoms with E-state index in [0.29, 0.717) is 0 Å². The maximum absolute atomic E-state index is 12.6. The normalized spacial score (nSPS) is 19.0. The number of halogens is 1. The summed E-state index contributed by atoms with van der Waals surface area (Å²) in [6.45, 7) is 0. The Morgan fingerprint density at radius 1 is 1.29 bits per heavy atom. The Bertz CT molecular complexity index is 290. The topological polar surface area (TPSA) is 26.0 Å². The van der Waals surface area contributed by atoms with Crippen LogP contribution < -0.4 is 5.73 Å². The molecule has 1 aliphatic carbocycles. The van der Waals surface area contributed by atoms with Gasteiger partial charge in [0, 0.05) is 6.04 Å². The molecular weight excluding hydrogens is 177 g/mol. The zero-order valence-electron chi connectivity index (χ0n) is 8.25. The Kier molecular flexibility index (Phi) is 2.82. The maximum atomic E-state index is 12.6. The van der Waals surface area contributed by atoms with E-state index in [1.54, 1.807) is 12.1 Å². The molecule has 1 aromatic rings. The average Bonchev–Trinajstić information content (AvgIpc) is 2.12. The standard InChI is InChI=1S/C12H16FN/c13-11-6-4-10(5-7-11)12(14)8-9-2-1-3-9/h4-7,9,12H,1-3,8,14H2/t12-/m1/s1. The Morgan fingerprint density at radius 3 is 2.43 bits per heavy atom. The van der Waals surface area contributed by atoms with E-state index in [4.69, 9.17) is 5.73 Å². The van der Waals surface area contributed by atoms with Gasteiger partial charge < -0.3 is 5.73 Å². The summed E-state index contributed by atoms with van der Waals surface area (Å²) >= 11 is 0. The van der Waals surface area contributed by atoms with E-state index >= 15 is 0 Å². The minimum atomic E-state index is -0.190. The van der Waals surface area contributed by atoms with Gasteiger partial charge in [0.15, 0.2) is 0 Å². The summed E-state index contributed by atoms with van der Waals surface area (Å²) in [4.78, 5) is 0. The first-order valence-electron chi connectivity index (χ1n) is 5.27. The summed E-state index contributed by atoms with van der Waals surface area (Å²) in [5.74, 6) is 0.611. The Labute approximate surface area is 84.1 Å². The van der Waals surface area contributed by atoms with E-state index in [9.17, 15) is 4.39 Å². The summed E-state index contributed by atoms with van der Waals surface area (Å²) in [7, 11) is 0. The number of hydrogen-bond donors (Lipinski definition) is 1. The summed E-state index contributed by atoms with van der Waals surface area (Å²) in [5, 5.41) is 0. The number of hydrogen-bond acceptors (Lipinski definition) is 1. The predicted octanol–water partition coefficient (Wildman–Crippen LogP) is 3.02. The fraction of sp³-hybridized carbons (Fsp3) is 0.500. The minimum absolute atomic E-state index is 0.0842. The molecule has 2 N–H and O–H groups in total. The summed E-state index contributed by atoms with van der Waals surface area (Å²) in [6.07, 6.45) is 5.02. The fourth-order valence-corrected chi connectivity index (χ4v) is 1.93. The van der Waals surface area contributed by atoms with Gasteiger partial charge in [-0.3, -0.25) is 0 Å². The van der Waals surface area contributed by atoms with E-state index in [1.807, 2.05) is 0 Å². The van der Waals surface area contributed by atoms with Crippen LogP contribution in [0.25, 0.3) is 0 Å². The van der Waals surface area contributed by atoms with Crippen LogP contribution in [0.3, 0.4) is 0 Å². The SMILES string of the molecule is N[C@H](CC1CCC1)c1ccc(F)cc1. The van der Waals surface area contributed by atoms with Crippen molar-refractivity contribution in [2.75, 3.05) is 0 Å². The van der Waals surface area contributed by atoms with Gasteiger partial charge in [-0.2, -0.15) is 0 Å². The molecule has 2 heteroatoms. The van der Waals surface area contributed by atoms with Gasteiger partial charge >= 0.3 is 0 Å². The van der Waals surface area contributed by atoms with Crippen molar-refractivity contribution in [3.8, 4) is 0 Å². The molecule has 1 aromatic carbocycles. The van der Waals surface area contributed by atoms with Crippen molar-refractivity contribution in [2.45, 2.75) is 31.7 Å².